The molecule has 0 radical (unpaired) electrons. The summed E-state index contributed by atoms with van der Waals surface area (Å²) in [5.41, 5.74) is -1.20. The Morgan fingerprint density at radius 1 is 1.26 bits per heavy atom. The molecule has 2 aromatic rings. The zero-order chi connectivity index (χ0) is 25.6. The average molecular weight is 492 g/mol. The smallest absolute Gasteiger partial charge is 0.332 e. The van der Waals surface area contributed by atoms with Gasteiger partial charge in [0.25, 0.3) is 5.69 Å². The molecule has 2 rings (SSSR count). The lowest BCUT2D eigenvalue weighted by Gasteiger charge is -2.24. The van der Waals surface area contributed by atoms with Crippen molar-refractivity contribution in [2.75, 3.05) is 30.4 Å². The molecule has 180 valence electrons. The van der Waals surface area contributed by atoms with E-state index in [1.54, 1.807) is 12.1 Å². The van der Waals surface area contributed by atoms with E-state index in [2.05, 4.69) is 15.5 Å². The van der Waals surface area contributed by atoms with Crippen molar-refractivity contribution >= 4 is 44.6 Å². The van der Waals surface area contributed by atoms with Gasteiger partial charge in [0.1, 0.15) is 22.4 Å². The van der Waals surface area contributed by atoms with E-state index in [0.717, 1.165) is 0 Å². The molecule has 34 heavy (non-hydrogen) atoms. The zero-order valence-electron chi connectivity index (χ0n) is 18.7. The molecule has 0 saturated carbocycles. The molecular formula is C20H21FN6O6S. The molecule has 0 fully saturated rings. The Kier molecular flexibility index (Phi) is 8.20. The second kappa shape index (κ2) is 10.7. The van der Waals surface area contributed by atoms with Gasteiger partial charge in [-0.15, -0.1) is 14.1 Å². The lowest BCUT2D eigenvalue weighted by Crippen LogP contribution is -2.22. The van der Waals surface area contributed by atoms with Crippen LogP contribution in [0.3, 0.4) is 0 Å². The predicted octanol–water partition coefficient (Wildman–Crippen LogP) is 4.35. The normalized spacial score (nSPS) is 11.2. The minimum absolute atomic E-state index is 0.0448. The van der Waals surface area contributed by atoms with Crippen molar-refractivity contribution < 1.29 is 26.8 Å². The average Bonchev–Trinajstić information content (AvgIpc) is 2.77. The molecule has 12 nitrogen and oxygen atoms in total. The molecule has 0 heterocycles. The van der Waals surface area contributed by atoms with Gasteiger partial charge in [-0.3, -0.25) is 14.9 Å². The molecule has 0 saturated heterocycles. The number of rotatable bonds is 9. The molecule has 1 N–H and O–H groups in total. The molecule has 0 unspecified atom stereocenters. The second-order valence-corrected chi connectivity index (χ2v) is 8.09. The van der Waals surface area contributed by atoms with Gasteiger partial charge >= 0.3 is 10.2 Å². The number of anilines is 2. The number of hydrogen-bond acceptors (Lipinski definition) is 10. The van der Waals surface area contributed by atoms with Gasteiger partial charge < -0.3 is 15.0 Å². The van der Waals surface area contributed by atoms with E-state index in [4.69, 9.17) is 4.74 Å². The number of nitrogens with one attached hydrogen (secondary N) is 1. The first-order valence-electron chi connectivity index (χ1n) is 9.80. The van der Waals surface area contributed by atoms with E-state index in [9.17, 15) is 32.5 Å². The van der Waals surface area contributed by atoms with E-state index in [-0.39, 0.29) is 11.4 Å². The van der Waals surface area contributed by atoms with E-state index in [0.29, 0.717) is 36.7 Å². The Balaban J connectivity index is 2.76. The summed E-state index contributed by atoms with van der Waals surface area (Å²) in [4.78, 5) is 23.1. The van der Waals surface area contributed by atoms with Crippen LogP contribution in [0, 0.1) is 21.4 Å². The number of benzene rings is 2. The number of carbonyl (C=O) groups excluding carboxylic acids is 1. The third kappa shape index (κ3) is 5.81. The number of nitrogens with zero attached hydrogens (tertiary/aromatic N) is 5. The largest absolute Gasteiger partial charge is 0.494 e. The Hall–Kier alpha value is -4.12. The molecule has 0 aromatic heterocycles. The summed E-state index contributed by atoms with van der Waals surface area (Å²) in [5.74, 6) is -0.0473. The van der Waals surface area contributed by atoms with Crippen LogP contribution in [0.5, 0.6) is 5.75 Å². The van der Waals surface area contributed by atoms with Crippen molar-refractivity contribution in [2.24, 2.45) is 10.2 Å². The first-order valence-corrected chi connectivity index (χ1v) is 11.2. The minimum Gasteiger partial charge on any atom is -0.494 e. The van der Waals surface area contributed by atoms with Crippen LogP contribution in [0.1, 0.15) is 26.3 Å². The Bertz CT molecular complexity index is 1300. The highest BCUT2D eigenvalue weighted by atomic mass is 32.3. The van der Waals surface area contributed by atoms with Crippen LogP contribution in [-0.2, 0) is 15.0 Å². The first-order chi connectivity index (χ1) is 16.0. The third-order valence-electron chi connectivity index (χ3n) is 4.63. The molecule has 14 heteroatoms. The van der Waals surface area contributed by atoms with Crippen molar-refractivity contribution in [2.45, 2.75) is 25.7 Å². The third-order valence-corrected chi connectivity index (χ3v) is 5.43. The number of carbonyl (C=O) groups is 1. The number of azo groups is 1. The van der Waals surface area contributed by atoms with Crippen molar-refractivity contribution in [1.29, 1.82) is 5.26 Å². The van der Waals surface area contributed by atoms with Crippen LogP contribution in [0.4, 0.5) is 32.3 Å². The number of methoxy groups -OCH3 is 1. The standard InChI is InChI=1S/C20H21FN6O6S/c1-5-26(6-2)17-9-15(23-12(3)28)16(10-19(17)33-4)24-25-20-13(11-22)7-14(34(21,31)32)8-18(20)27(29)30/h7-10H,5-6H2,1-4H3,(H,23,28). The van der Waals surface area contributed by atoms with Gasteiger partial charge in [-0.2, -0.15) is 13.7 Å². The maximum Gasteiger partial charge on any atom is 0.332 e. The van der Waals surface area contributed by atoms with Crippen LogP contribution in [-0.4, -0.2) is 39.4 Å². The molecular weight excluding hydrogens is 471 g/mol. The van der Waals surface area contributed by atoms with Crippen molar-refractivity contribution in [3.8, 4) is 11.8 Å². The van der Waals surface area contributed by atoms with Crippen LogP contribution < -0.4 is 15.0 Å². The van der Waals surface area contributed by atoms with E-state index in [1.807, 2.05) is 18.7 Å². The Labute approximate surface area is 195 Å². The molecule has 0 aliphatic rings. The molecule has 0 bridgehead atoms. The summed E-state index contributed by atoms with van der Waals surface area (Å²) in [6.45, 7) is 6.40. The number of hydrogen-bond donors (Lipinski definition) is 1. The lowest BCUT2D eigenvalue weighted by atomic mass is 10.1. The van der Waals surface area contributed by atoms with Crippen LogP contribution in [0.15, 0.2) is 39.4 Å². The van der Waals surface area contributed by atoms with E-state index < -0.39 is 42.9 Å². The van der Waals surface area contributed by atoms with Crippen LogP contribution in [0.25, 0.3) is 0 Å². The van der Waals surface area contributed by atoms with Gasteiger partial charge in [-0.1, -0.05) is 0 Å². The Morgan fingerprint density at radius 3 is 2.38 bits per heavy atom. The number of ether oxygens (including phenoxy) is 1. The molecule has 1 amide bonds. The molecule has 2 aromatic carbocycles. The highest BCUT2D eigenvalue weighted by Crippen LogP contribution is 2.41. The first kappa shape index (κ1) is 26.1. The number of amides is 1. The monoisotopic (exact) mass is 492 g/mol. The number of nitro benzene ring substituents is 1. The van der Waals surface area contributed by atoms with Crippen molar-refractivity contribution in [1.82, 2.24) is 0 Å². The molecule has 0 atom stereocenters. The predicted molar refractivity (Wildman–Crippen MR) is 121 cm³/mol. The molecule has 0 aliphatic heterocycles. The highest BCUT2D eigenvalue weighted by Gasteiger charge is 2.25. The van der Waals surface area contributed by atoms with Gasteiger partial charge in [0, 0.05) is 32.1 Å². The van der Waals surface area contributed by atoms with E-state index in [1.165, 1.54) is 20.1 Å². The summed E-state index contributed by atoms with van der Waals surface area (Å²) in [5, 5.41) is 31.1. The maximum absolute atomic E-state index is 13.4. The minimum atomic E-state index is -5.32. The second-order valence-electron chi connectivity index (χ2n) is 6.74. The van der Waals surface area contributed by atoms with Crippen molar-refractivity contribution in [3.05, 3.63) is 39.9 Å². The SMILES string of the molecule is CCN(CC)c1cc(NC(C)=O)c(N=Nc2c(C#N)cc(S(=O)(=O)F)cc2[N+](=O)[O-])cc1OC. The summed E-state index contributed by atoms with van der Waals surface area (Å²) < 4.78 is 41.2. The number of nitriles is 1. The van der Waals surface area contributed by atoms with Gasteiger partial charge in [0.15, 0.2) is 5.69 Å². The zero-order valence-corrected chi connectivity index (χ0v) is 19.5. The fourth-order valence-electron chi connectivity index (χ4n) is 3.07. The van der Waals surface area contributed by atoms with Gasteiger partial charge in [0.2, 0.25) is 5.91 Å². The molecule has 0 aliphatic carbocycles. The number of nitro groups is 1. The topological polar surface area (TPSA) is 167 Å². The fourth-order valence-corrected chi connectivity index (χ4v) is 3.58. The van der Waals surface area contributed by atoms with Gasteiger partial charge in [-0.05, 0) is 26.0 Å². The number of halogens is 1. The van der Waals surface area contributed by atoms with Crippen molar-refractivity contribution in [3.63, 3.8) is 0 Å². The van der Waals surface area contributed by atoms with Crippen LogP contribution in [0.2, 0.25) is 0 Å². The fraction of sp³-hybridized carbons (Fsp3) is 0.300. The van der Waals surface area contributed by atoms with Gasteiger partial charge in [0.05, 0.1) is 29.0 Å². The Morgan fingerprint density at radius 2 is 1.91 bits per heavy atom. The summed E-state index contributed by atoms with van der Waals surface area (Å²) in [6.07, 6.45) is 0. The lowest BCUT2D eigenvalue weighted by molar-refractivity contribution is -0.384. The maximum atomic E-state index is 13.4. The van der Waals surface area contributed by atoms with Gasteiger partial charge in [-0.25, -0.2) is 0 Å². The highest BCUT2D eigenvalue weighted by molar-refractivity contribution is 7.86. The van der Waals surface area contributed by atoms with Crippen LogP contribution >= 0.6 is 0 Å². The summed E-state index contributed by atoms with van der Waals surface area (Å²) in [7, 11) is -3.89. The summed E-state index contributed by atoms with van der Waals surface area (Å²) >= 11 is 0. The summed E-state index contributed by atoms with van der Waals surface area (Å²) in [6, 6.07) is 5.67. The van der Waals surface area contributed by atoms with E-state index >= 15 is 0 Å². The molecule has 0 spiro atoms. The quantitative estimate of drug-likeness (QED) is 0.233.